The molecule has 1 saturated heterocycles. The first-order valence-corrected chi connectivity index (χ1v) is 5.85. The standard InChI is InChI=1S/C12H14ClNO3/c1-7-4-8(6-17-7)12(16)14-9-2-3-10(13)11(15)5-9/h2-3,5,7-8,15H,4,6H2,1H3,(H,14,16). The highest BCUT2D eigenvalue weighted by molar-refractivity contribution is 6.32. The van der Waals surface area contributed by atoms with Gasteiger partial charge in [0.15, 0.2) is 0 Å². The smallest absolute Gasteiger partial charge is 0.229 e. The van der Waals surface area contributed by atoms with E-state index in [-0.39, 0.29) is 28.7 Å². The molecule has 2 N–H and O–H groups in total. The summed E-state index contributed by atoms with van der Waals surface area (Å²) in [4.78, 5) is 11.9. The number of benzene rings is 1. The van der Waals surface area contributed by atoms with Crippen LogP contribution in [0.3, 0.4) is 0 Å². The summed E-state index contributed by atoms with van der Waals surface area (Å²) >= 11 is 5.68. The molecule has 2 atom stereocenters. The van der Waals surface area contributed by atoms with E-state index in [2.05, 4.69) is 5.32 Å². The van der Waals surface area contributed by atoms with Crippen LogP contribution >= 0.6 is 11.6 Å². The van der Waals surface area contributed by atoms with Crippen molar-refractivity contribution >= 4 is 23.2 Å². The van der Waals surface area contributed by atoms with Crippen LogP contribution in [0.25, 0.3) is 0 Å². The molecule has 1 aliphatic heterocycles. The van der Waals surface area contributed by atoms with Crippen LogP contribution < -0.4 is 5.32 Å². The van der Waals surface area contributed by atoms with Crippen LogP contribution in [-0.4, -0.2) is 23.7 Å². The van der Waals surface area contributed by atoms with Crippen molar-refractivity contribution in [1.82, 2.24) is 0 Å². The van der Waals surface area contributed by atoms with Gasteiger partial charge >= 0.3 is 0 Å². The number of ether oxygens (including phenoxy) is 1. The minimum Gasteiger partial charge on any atom is -0.506 e. The molecular weight excluding hydrogens is 242 g/mol. The summed E-state index contributed by atoms with van der Waals surface area (Å²) in [5, 5.41) is 12.4. The highest BCUT2D eigenvalue weighted by Crippen LogP contribution is 2.27. The van der Waals surface area contributed by atoms with Gasteiger partial charge in [-0.05, 0) is 25.5 Å². The van der Waals surface area contributed by atoms with Crippen molar-refractivity contribution in [3.8, 4) is 5.75 Å². The van der Waals surface area contributed by atoms with E-state index >= 15 is 0 Å². The summed E-state index contributed by atoms with van der Waals surface area (Å²) in [6, 6.07) is 4.62. The molecule has 1 aromatic carbocycles. The van der Waals surface area contributed by atoms with Crippen molar-refractivity contribution in [3.05, 3.63) is 23.2 Å². The van der Waals surface area contributed by atoms with Crippen molar-refractivity contribution in [1.29, 1.82) is 0 Å². The van der Waals surface area contributed by atoms with Gasteiger partial charge in [-0.1, -0.05) is 11.6 Å². The lowest BCUT2D eigenvalue weighted by Gasteiger charge is -2.10. The lowest BCUT2D eigenvalue weighted by atomic mass is 10.1. The molecule has 0 saturated carbocycles. The van der Waals surface area contributed by atoms with Gasteiger partial charge in [-0.3, -0.25) is 4.79 Å². The van der Waals surface area contributed by atoms with E-state index < -0.39 is 0 Å². The second-order valence-electron chi connectivity index (χ2n) is 4.23. The average Bonchev–Trinajstić information content (AvgIpc) is 2.70. The molecule has 92 valence electrons. The number of phenols is 1. The maximum atomic E-state index is 11.9. The third-order valence-electron chi connectivity index (χ3n) is 2.78. The third kappa shape index (κ3) is 2.90. The fourth-order valence-electron chi connectivity index (χ4n) is 1.83. The molecule has 4 nitrogen and oxygen atoms in total. The van der Waals surface area contributed by atoms with Gasteiger partial charge < -0.3 is 15.2 Å². The molecule has 1 fully saturated rings. The van der Waals surface area contributed by atoms with Gasteiger partial charge in [0.05, 0.1) is 23.7 Å². The lowest BCUT2D eigenvalue weighted by molar-refractivity contribution is -0.119. The molecule has 1 aliphatic rings. The quantitative estimate of drug-likeness (QED) is 0.853. The van der Waals surface area contributed by atoms with E-state index in [0.29, 0.717) is 12.3 Å². The fraction of sp³-hybridized carbons (Fsp3) is 0.417. The monoisotopic (exact) mass is 255 g/mol. The van der Waals surface area contributed by atoms with Crippen LogP contribution in [0.2, 0.25) is 5.02 Å². The van der Waals surface area contributed by atoms with E-state index in [4.69, 9.17) is 16.3 Å². The Morgan fingerprint density at radius 1 is 1.59 bits per heavy atom. The molecule has 1 amide bonds. The van der Waals surface area contributed by atoms with Crippen LogP contribution in [0.4, 0.5) is 5.69 Å². The van der Waals surface area contributed by atoms with Crippen LogP contribution in [0.15, 0.2) is 18.2 Å². The Morgan fingerprint density at radius 3 is 2.94 bits per heavy atom. The molecule has 0 bridgehead atoms. The van der Waals surface area contributed by atoms with Crippen LogP contribution in [0.5, 0.6) is 5.75 Å². The molecular formula is C12H14ClNO3. The van der Waals surface area contributed by atoms with E-state index in [1.807, 2.05) is 6.92 Å². The lowest BCUT2D eigenvalue weighted by Crippen LogP contribution is -2.22. The van der Waals surface area contributed by atoms with E-state index in [0.717, 1.165) is 6.42 Å². The number of rotatable bonds is 2. The average molecular weight is 256 g/mol. The summed E-state index contributed by atoms with van der Waals surface area (Å²) in [7, 11) is 0. The molecule has 2 unspecified atom stereocenters. The van der Waals surface area contributed by atoms with Gasteiger partial charge in [0.1, 0.15) is 5.75 Å². The number of halogens is 1. The van der Waals surface area contributed by atoms with Crippen LogP contribution in [-0.2, 0) is 9.53 Å². The minimum absolute atomic E-state index is 0.0412. The number of nitrogens with one attached hydrogen (secondary N) is 1. The first-order chi connectivity index (χ1) is 8.06. The summed E-state index contributed by atoms with van der Waals surface area (Å²) < 4.78 is 5.34. The Labute approximate surface area is 105 Å². The molecule has 5 heteroatoms. The first kappa shape index (κ1) is 12.2. The maximum absolute atomic E-state index is 11.9. The van der Waals surface area contributed by atoms with Gasteiger partial charge in [0.2, 0.25) is 5.91 Å². The number of amides is 1. The summed E-state index contributed by atoms with van der Waals surface area (Å²) in [5.74, 6) is -0.251. The summed E-state index contributed by atoms with van der Waals surface area (Å²) in [6.07, 6.45) is 0.857. The molecule has 0 aromatic heterocycles. The molecule has 0 radical (unpaired) electrons. The van der Waals surface area contributed by atoms with Gasteiger partial charge in [0, 0.05) is 11.8 Å². The Kier molecular flexibility index (Phi) is 3.54. The largest absolute Gasteiger partial charge is 0.506 e. The Balaban J connectivity index is 2.00. The van der Waals surface area contributed by atoms with Crippen molar-refractivity contribution in [3.63, 3.8) is 0 Å². The van der Waals surface area contributed by atoms with E-state index in [1.165, 1.54) is 6.07 Å². The maximum Gasteiger partial charge on any atom is 0.229 e. The number of hydrogen-bond acceptors (Lipinski definition) is 3. The molecule has 17 heavy (non-hydrogen) atoms. The molecule has 1 heterocycles. The van der Waals surface area contributed by atoms with Crippen LogP contribution in [0, 0.1) is 5.92 Å². The molecule has 1 aromatic rings. The van der Waals surface area contributed by atoms with Crippen molar-refractivity contribution < 1.29 is 14.6 Å². The minimum atomic E-state index is -0.122. The topological polar surface area (TPSA) is 58.6 Å². The zero-order valence-electron chi connectivity index (χ0n) is 9.44. The first-order valence-electron chi connectivity index (χ1n) is 5.47. The van der Waals surface area contributed by atoms with Gasteiger partial charge in [-0.15, -0.1) is 0 Å². The Morgan fingerprint density at radius 2 is 2.35 bits per heavy atom. The fourth-order valence-corrected chi connectivity index (χ4v) is 1.95. The predicted molar refractivity (Wildman–Crippen MR) is 65.3 cm³/mol. The highest BCUT2D eigenvalue weighted by atomic mass is 35.5. The second-order valence-corrected chi connectivity index (χ2v) is 4.64. The zero-order valence-corrected chi connectivity index (χ0v) is 10.2. The Hall–Kier alpha value is -1.26. The highest BCUT2D eigenvalue weighted by Gasteiger charge is 2.28. The SMILES string of the molecule is CC1CC(C(=O)Nc2ccc(Cl)c(O)c2)CO1. The van der Waals surface area contributed by atoms with Gasteiger partial charge in [0.25, 0.3) is 0 Å². The Bertz CT molecular complexity index is 436. The molecule has 0 aliphatic carbocycles. The van der Waals surface area contributed by atoms with Gasteiger partial charge in [-0.2, -0.15) is 0 Å². The number of carbonyl (C=O) groups excluding carboxylic acids is 1. The van der Waals surface area contributed by atoms with E-state index in [1.54, 1.807) is 12.1 Å². The number of aromatic hydroxyl groups is 1. The van der Waals surface area contributed by atoms with Crippen molar-refractivity contribution in [2.45, 2.75) is 19.4 Å². The molecule has 2 rings (SSSR count). The molecule has 0 spiro atoms. The van der Waals surface area contributed by atoms with Crippen molar-refractivity contribution in [2.24, 2.45) is 5.92 Å². The predicted octanol–water partition coefficient (Wildman–Crippen LogP) is 2.41. The normalized spacial score (nSPS) is 23.6. The third-order valence-corrected chi connectivity index (χ3v) is 3.10. The van der Waals surface area contributed by atoms with E-state index in [9.17, 15) is 9.90 Å². The number of phenolic OH excluding ortho intramolecular Hbond substituents is 1. The summed E-state index contributed by atoms with van der Waals surface area (Å²) in [6.45, 7) is 2.40. The number of hydrogen-bond donors (Lipinski definition) is 2. The van der Waals surface area contributed by atoms with Crippen LogP contribution in [0.1, 0.15) is 13.3 Å². The summed E-state index contributed by atoms with van der Waals surface area (Å²) in [5.41, 5.74) is 0.538. The number of anilines is 1. The van der Waals surface area contributed by atoms with Crippen molar-refractivity contribution in [2.75, 3.05) is 11.9 Å². The second kappa shape index (κ2) is 4.94. The zero-order chi connectivity index (χ0) is 12.4. The van der Waals surface area contributed by atoms with Gasteiger partial charge in [-0.25, -0.2) is 0 Å². The number of carbonyl (C=O) groups is 1.